The second kappa shape index (κ2) is 3.81. The van der Waals surface area contributed by atoms with Crippen LogP contribution >= 0.6 is 33.9 Å². The molecule has 0 amide bonds. The van der Waals surface area contributed by atoms with Crippen molar-refractivity contribution in [2.45, 2.75) is 6.92 Å². The van der Waals surface area contributed by atoms with Gasteiger partial charge in [-0.25, -0.2) is 0 Å². The van der Waals surface area contributed by atoms with Gasteiger partial charge in [0.15, 0.2) is 0 Å². The minimum atomic E-state index is -1.36. The Kier molecular flexibility index (Phi) is 2.83. The first-order valence-corrected chi connectivity index (χ1v) is 6.04. The Balaban J connectivity index is 2.71. The van der Waals surface area contributed by atoms with Crippen LogP contribution in [0.4, 0.5) is 0 Å². The van der Waals surface area contributed by atoms with Gasteiger partial charge in [-0.15, -0.1) is 11.3 Å². The molecule has 0 aliphatic carbocycles. The molecule has 0 atom stereocenters. The van der Waals surface area contributed by atoms with Gasteiger partial charge in [-0.05, 0) is 46.5 Å². The molecule has 0 saturated carbocycles. The first-order valence-electron chi connectivity index (χ1n) is 4.14. The first kappa shape index (κ1) is 10.4. The Morgan fingerprint density at radius 3 is 2.71 bits per heavy atom. The molecule has 14 heavy (non-hydrogen) atoms. The van der Waals surface area contributed by atoms with E-state index in [1.54, 1.807) is 0 Å². The van der Waals surface area contributed by atoms with Gasteiger partial charge in [0.1, 0.15) is 0 Å². The molecule has 0 unspecified atom stereocenters. The lowest BCUT2D eigenvalue weighted by molar-refractivity contribution is 0.427. The zero-order valence-electron chi connectivity index (χ0n) is 7.49. The van der Waals surface area contributed by atoms with Gasteiger partial charge < -0.3 is 10.0 Å². The van der Waals surface area contributed by atoms with Crippen LogP contribution in [0.25, 0.3) is 10.1 Å². The average molecular weight is 318 g/mol. The summed E-state index contributed by atoms with van der Waals surface area (Å²) in [5.74, 6) is 0. The summed E-state index contributed by atoms with van der Waals surface area (Å²) in [5, 5.41) is 19.2. The van der Waals surface area contributed by atoms with Gasteiger partial charge in [0.2, 0.25) is 0 Å². The first-order chi connectivity index (χ1) is 6.59. The topological polar surface area (TPSA) is 40.5 Å². The number of halogens is 1. The molecule has 5 heteroatoms. The van der Waals surface area contributed by atoms with E-state index >= 15 is 0 Å². The lowest BCUT2D eigenvalue weighted by Crippen LogP contribution is -2.26. The van der Waals surface area contributed by atoms with Crippen molar-refractivity contribution in [3.8, 4) is 0 Å². The van der Waals surface area contributed by atoms with Gasteiger partial charge in [0, 0.05) is 13.0 Å². The number of rotatable bonds is 1. The molecule has 0 fully saturated rings. The normalized spacial score (nSPS) is 10.9. The number of benzene rings is 1. The Bertz CT molecular complexity index is 481. The molecule has 1 aromatic heterocycles. The molecule has 0 aliphatic rings. The Morgan fingerprint density at radius 1 is 1.36 bits per heavy atom. The molecule has 0 bridgehead atoms. The molecule has 2 aromatic rings. The van der Waals surface area contributed by atoms with Crippen LogP contribution < -0.4 is 4.78 Å². The predicted octanol–water partition coefficient (Wildman–Crippen LogP) is 1.49. The van der Waals surface area contributed by atoms with E-state index < -0.39 is 7.12 Å². The third kappa shape index (κ3) is 1.69. The van der Waals surface area contributed by atoms with Gasteiger partial charge in [-0.1, -0.05) is 12.1 Å². The van der Waals surface area contributed by atoms with Crippen LogP contribution in [0.5, 0.6) is 0 Å². The maximum Gasteiger partial charge on any atom is 0.499 e. The van der Waals surface area contributed by atoms with Gasteiger partial charge in [-0.3, -0.25) is 0 Å². The van der Waals surface area contributed by atoms with Crippen molar-refractivity contribution < 1.29 is 10.0 Å². The molecular weight excluding hydrogens is 310 g/mol. The Labute approximate surface area is 99.9 Å². The highest BCUT2D eigenvalue weighted by molar-refractivity contribution is 14.1. The van der Waals surface area contributed by atoms with E-state index in [1.165, 1.54) is 20.5 Å². The fourth-order valence-corrected chi connectivity index (χ4v) is 3.16. The summed E-state index contributed by atoms with van der Waals surface area (Å²) >= 11 is 3.73. The number of fused-ring (bicyclic) bond motifs is 1. The van der Waals surface area contributed by atoms with Crippen molar-refractivity contribution in [1.29, 1.82) is 0 Å². The molecule has 0 saturated heterocycles. The van der Waals surface area contributed by atoms with Gasteiger partial charge in [0.05, 0.1) is 0 Å². The lowest BCUT2D eigenvalue weighted by atomic mass is 9.89. The maximum absolute atomic E-state index is 9.05. The number of hydrogen-bond acceptors (Lipinski definition) is 3. The predicted molar refractivity (Wildman–Crippen MR) is 69.1 cm³/mol. The molecule has 1 heterocycles. The second-order valence-electron chi connectivity index (χ2n) is 3.14. The lowest BCUT2D eigenvalue weighted by Gasteiger charge is -1.97. The smallest absolute Gasteiger partial charge is 0.423 e. The van der Waals surface area contributed by atoms with E-state index in [0.29, 0.717) is 4.78 Å². The largest absolute Gasteiger partial charge is 0.499 e. The van der Waals surface area contributed by atoms with Crippen molar-refractivity contribution >= 4 is 55.9 Å². The molecule has 0 aliphatic heterocycles. The average Bonchev–Trinajstić information content (AvgIpc) is 2.56. The van der Waals surface area contributed by atoms with E-state index in [9.17, 15) is 0 Å². The van der Waals surface area contributed by atoms with Crippen LogP contribution in [0, 0.1) is 10.5 Å². The highest BCUT2D eigenvalue weighted by Crippen LogP contribution is 2.27. The standard InChI is InChI=1S/C9H8BIO2S/c1-5-2-3-6-4-7(10(12)13)14-9(6)8(5)11/h2-4,12-13H,1H3. The fraction of sp³-hybridized carbons (Fsp3) is 0.111. The van der Waals surface area contributed by atoms with Crippen molar-refractivity contribution in [1.82, 2.24) is 0 Å². The van der Waals surface area contributed by atoms with Crippen LogP contribution in [-0.2, 0) is 0 Å². The van der Waals surface area contributed by atoms with Crippen LogP contribution in [-0.4, -0.2) is 17.2 Å². The van der Waals surface area contributed by atoms with Crippen molar-refractivity contribution in [2.75, 3.05) is 0 Å². The van der Waals surface area contributed by atoms with Crippen molar-refractivity contribution in [3.05, 3.63) is 27.3 Å². The zero-order valence-corrected chi connectivity index (χ0v) is 10.5. The number of hydrogen-bond donors (Lipinski definition) is 2. The molecule has 1 aromatic carbocycles. The minimum absolute atomic E-state index is 0.600. The maximum atomic E-state index is 9.05. The summed E-state index contributed by atoms with van der Waals surface area (Å²) in [5.41, 5.74) is 1.22. The van der Waals surface area contributed by atoms with E-state index in [2.05, 4.69) is 29.5 Å². The molecule has 2 rings (SSSR count). The molecule has 0 spiro atoms. The highest BCUT2D eigenvalue weighted by atomic mass is 127. The molecule has 2 nitrogen and oxygen atoms in total. The highest BCUT2D eigenvalue weighted by Gasteiger charge is 2.15. The van der Waals surface area contributed by atoms with Crippen LogP contribution in [0.15, 0.2) is 18.2 Å². The summed E-state index contributed by atoms with van der Waals surface area (Å²) < 4.78 is 2.93. The zero-order chi connectivity index (χ0) is 10.3. The molecular formula is C9H8BIO2S. The molecule has 0 radical (unpaired) electrons. The van der Waals surface area contributed by atoms with Crippen molar-refractivity contribution in [3.63, 3.8) is 0 Å². The number of thiophene rings is 1. The molecule has 2 N–H and O–H groups in total. The summed E-state index contributed by atoms with van der Waals surface area (Å²) in [6, 6.07) is 5.88. The Hall–Kier alpha value is -0.105. The van der Waals surface area contributed by atoms with Gasteiger partial charge in [-0.2, -0.15) is 0 Å². The monoisotopic (exact) mass is 318 g/mol. The van der Waals surface area contributed by atoms with Gasteiger partial charge in [0.25, 0.3) is 0 Å². The second-order valence-corrected chi connectivity index (χ2v) is 5.30. The number of aryl methyl sites for hydroxylation is 1. The van der Waals surface area contributed by atoms with Crippen molar-refractivity contribution in [2.24, 2.45) is 0 Å². The van der Waals surface area contributed by atoms with E-state index in [4.69, 9.17) is 10.0 Å². The van der Waals surface area contributed by atoms with Crippen LogP contribution in [0.1, 0.15) is 5.56 Å². The van der Waals surface area contributed by atoms with E-state index in [1.807, 2.05) is 18.2 Å². The van der Waals surface area contributed by atoms with Gasteiger partial charge >= 0.3 is 7.12 Å². The third-order valence-electron chi connectivity index (χ3n) is 2.09. The van der Waals surface area contributed by atoms with E-state index in [0.717, 1.165) is 10.1 Å². The van der Waals surface area contributed by atoms with Crippen LogP contribution in [0.2, 0.25) is 0 Å². The summed E-state index contributed by atoms with van der Waals surface area (Å²) in [6.07, 6.45) is 0. The summed E-state index contributed by atoms with van der Waals surface area (Å²) in [6.45, 7) is 2.05. The van der Waals surface area contributed by atoms with Crippen LogP contribution in [0.3, 0.4) is 0 Å². The van der Waals surface area contributed by atoms with E-state index in [-0.39, 0.29) is 0 Å². The SMILES string of the molecule is Cc1ccc2cc(B(O)O)sc2c1I. The molecule has 72 valence electrons. The fourth-order valence-electron chi connectivity index (χ4n) is 1.31. The Morgan fingerprint density at radius 2 is 2.07 bits per heavy atom. The minimum Gasteiger partial charge on any atom is -0.423 e. The summed E-state index contributed by atoms with van der Waals surface area (Å²) in [7, 11) is -1.36. The quantitative estimate of drug-likeness (QED) is 0.618. The third-order valence-corrected chi connectivity index (χ3v) is 5.06. The summed E-state index contributed by atoms with van der Waals surface area (Å²) in [4.78, 5) is 0.